The van der Waals surface area contributed by atoms with Crippen molar-refractivity contribution in [1.82, 2.24) is 15.0 Å². The number of carbonyl (C=O) groups is 2. The topological polar surface area (TPSA) is 66.7 Å². The maximum atomic E-state index is 13.8. The number of aryl methyl sites for hydroxylation is 2. The molecule has 2 aliphatic heterocycles. The second-order valence-corrected chi connectivity index (χ2v) is 7.87. The summed E-state index contributed by atoms with van der Waals surface area (Å²) in [6, 6.07) is 6.24. The van der Waals surface area contributed by atoms with Gasteiger partial charge in [-0.25, -0.2) is 4.39 Å². The maximum Gasteiger partial charge on any atom is 0.227 e. The van der Waals surface area contributed by atoms with Crippen molar-refractivity contribution in [3.05, 3.63) is 52.7 Å². The summed E-state index contributed by atoms with van der Waals surface area (Å²) in [5.41, 5.74) is 2.38. The highest BCUT2D eigenvalue weighted by molar-refractivity contribution is 5.80. The Morgan fingerprint density at radius 1 is 1.25 bits per heavy atom. The van der Waals surface area contributed by atoms with Crippen molar-refractivity contribution in [2.75, 3.05) is 19.6 Å². The zero-order chi connectivity index (χ0) is 20.0. The lowest BCUT2D eigenvalue weighted by molar-refractivity contribution is -0.131. The lowest BCUT2D eigenvalue weighted by Gasteiger charge is -2.29. The molecule has 2 aliphatic rings. The number of nitrogens with zero attached hydrogens (tertiary/aromatic N) is 3. The lowest BCUT2D eigenvalue weighted by Crippen LogP contribution is -2.37. The van der Waals surface area contributed by atoms with E-state index in [1.54, 1.807) is 13.0 Å². The Hall–Kier alpha value is -2.70. The summed E-state index contributed by atoms with van der Waals surface area (Å²) in [4.78, 5) is 28.7. The fourth-order valence-electron chi connectivity index (χ4n) is 4.71. The van der Waals surface area contributed by atoms with E-state index in [0.717, 1.165) is 16.8 Å². The van der Waals surface area contributed by atoms with E-state index in [0.29, 0.717) is 25.4 Å². The number of fused-ring (bicyclic) bond motifs is 1. The van der Waals surface area contributed by atoms with Crippen LogP contribution in [0, 0.1) is 31.5 Å². The maximum absolute atomic E-state index is 13.8. The van der Waals surface area contributed by atoms with Crippen molar-refractivity contribution < 1.29 is 18.5 Å². The highest BCUT2D eigenvalue weighted by Crippen LogP contribution is 2.45. The number of hydrogen-bond donors (Lipinski definition) is 0. The number of benzene rings is 1. The SMILES string of the molecule is CC(=O)N1C[C@H]2CN(C(=O)Cc3c(C)noc3C)C[C@H]2[C@H]1c1cccc(F)c1. The molecule has 0 unspecified atom stereocenters. The number of carbonyl (C=O) groups excluding carboxylic acids is 2. The third-order valence-corrected chi connectivity index (χ3v) is 6.12. The first-order valence-corrected chi connectivity index (χ1v) is 9.57. The molecule has 3 heterocycles. The Kier molecular flexibility index (Phi) is 4.69. The van der Waals surface area contributed by atoms with Gasteiger partial charge in [0.05, 0.1) is 18.2 Å². The molecule has 2 fully saturated rings. The molecule has 0 aliphatic carbocycles. The first-order chi connectivity index (χ1) is 13.3. The van der Waals surface area contributed by atoms with Crippen LogP contribution in [0.25, 0.3) is 0 Å². The van der Waals surface area contributed by atoms with E-state index in [1.165, 1.54) is 12.1 Å². The van der Waals surface area contributed by atoms with Crippen molar-refractivity contribution in [2.24, 2.45) is 11.8 Å². The van der Waals surface area contributed by atoms with Crippen LogP contribution in [0.2, 0.25) is 0 Å². The first kappa shape index (κ1) is 18.7. The molecule has 0 radical (unpaired) electrons. The van der Waals surface area contributed by atoms with E-state index in [1.807, 2.05) is 29.7 Å². The molecule has 1 aromatic carbocycles. The molecule has 0 N–H and O–H groups in total. The Labute approximate surface area is 163 Å². The van der Waals surface area contributed by atoms with Gasteiger partial charge < -0.3 is 14.3 Å². The molecule has 28 heavy (non-hydrogen) atoms. The van der Waals surface area contributed by atoms with E-state index in [2.05, 4.69) is 5.16 Å². The van der Waals surface area contributed by atoms with Gasteiger partial charge in [0, 0.05) is 44.0 Å². The van der Waals surface area contributed by atoms with Crippen LogP contribution in [-0.4, -0.2) is 46.4 Å². The van der Waals surface area contributed by atoms with Crippen LogP contribution in [-0.2, 0) is 16.0 Å². The zero-order valence-corrected chi connectivity index (χ0v) is 16.3. The summed E-state index contributed by atoms with van der Waals surface area (Å²) in [6.45, 7) is 6.97. The molecular formula is C21H24FN3O3. The minimum atomic E-state index is -0.311. The number of halogens is 1. The lowest BCUT2D eigenvalue weighted by atomic mass is 9.89. The third-order valence-electron chi connectivity index (χ3n) is 6.12. The van der Waals surface area contributed by atoms with Gasteiger partial charge in [0.2, 0.25) is 11.8 Å². The van der Waals surface area contributed by atoms with Gasteiger partial charge in [-0.15, -0.1) is 0 Å². The van der Waals surface area contributed by atoms with Crippen LogP contribution >= 0.6 is 0 Å². The van der Waals surface area contributed by atoms with Crippen LogP contribution in [0.4, 0.5) is 4.39 Å². The van der Waals surface area contributed by atoms with Gasteiger partial charge in [0.25, 0.3) is 0 Å². The monoisotopic (exact) mass is 385 g/mol. The number of rotatable bonds is 3. The summed E-state index contributed by atoms with van der Waals surface area (Å²) in [6.07, 6.45) is 0.266. The minimum Gasteiger partial charge on any atom is -0.361 e. The van der Waals surface area contributed by atoms with Gasteiger partial charge in [0.1, 0.15) is 11.6 Å². The van der Waals surface area contributed by atoms with Crippen molar-refractivity contribution in [3.8, 4) is 0 Å². The van der Waals surface area contributed by atoms with Crippen LogP contribution in [0.3, 0.4) is 0 Å². The molecule has 7 heteroatoms. The molecule has 2 amide bonds. The largest absolute Gasteiger partial charge is 0.361 e. The van der Waals surface area contributed by atoms with E-state index < -0.39 is 0 Å². The Morgan fingerprint density at radius 2 is 2.04 bits per heavy atom. The summed E-state index contributed by atoms with van der Waals surface area (Å²) >= 11 is 0. The van der Waals surface area contributed by atoms with Crippen molar-refractivity contribution in [3.63, 3.8) is 0 Å². The molecular weight excluding hydrogens is 361 g/mol. The fraction of sp³-hybridized carbons (Fsp3) is 0.476. The molecule has 6 nitrogen and oxygen atoms in total. The minimum absolute atomic E-state index is 0.0164. The van der Waals surface area contributed by atoms with Gasteiger partial charge in [-0.1, -0.05) is 17.3 Å². The van der Waals surface area contributed by atoms with Gasteiger partial charge in [-0.05, 0) is 31.5 Å². The smallest absolute Gasteiger partial charge is 0.227 e. The van der Waals surface area contributed by atoms with Crippen molar-refractivity contribution >= 4 is 11.8 Å². The van der Waals surface area contributed by atoms with Gasteiger partial charge >= 0.3 is 0 Å². The fourth-order valence-corrected chi connectivity index (χ4v) is 4.71. The van der Waals surface area contributed by atoms with E-state index >= 15 is 0 Å². The van der Waals surface area contributed by atoms with Crippen LogP contribution < -0.4 is 0 Å². The predicted molar refractivity (Wildman–Crippen MR) is 99.8 cm³/mol. The quantitative estimate of drug-likeness (QED) is 0.815. The Morgan fingerprint density at radius 3 is 2.68 bits per heavy atom. The summed E-state index contributed by atoms with van der Waals surface area (Å²) in [7, 11) is 0. The van der Waals surface area contributed by atoms with Crippen LogP contribution in [0.5, 0.6) is 0 Å². The highest BCUT2D eigenvalue weighted by atomic mass is 19.1. The molecule has 148 valence electrons. The number of hydrogen-bond acceptors (Lipinski definition) is 4. The van der Waals surface area contributed by atoms with E-state index in [9.17, 15) is 14.0 Å². The summed E-state index contributed by atoms with van der Waals surface area (Å²) in [5, 5.41) is 3.92. The zero-order valence-electron chi connectivity index (χ0n) is 16.3. The Bertz CT molecular complexity index is 906. The highest BCUT2D eigenvalue weighted by Gasteiger charge is 2.49. The molecule has 0 saturated carbocycles. The number of amides is 2. The standard InChI is InChI=1S/C21H24FN3O3/c1-12-18(13(2)28-23-12)8-20(27)24-9-16-10-25(14(3)26)21(19(16)11-24)15-5-4-6-17(22)7-15/h4-7,16,19,21H,8-11H2,1-3H3/t16-,19-,21-/m1/s1. The van der Waals surface area contributed by atoms with Gasteiger partial charge in [0.15, 0.2) is 0 Å². The van der Waals surface area contributed by atoms with E-state index in [4.69, 9.17) is 4.52 Å². The predicted octanol–water partition coefficient (Wildman–Crippen LogP) is 2.65. The summed E-state index contributed by atoms with van der Waals surface area (Å²) in [5.74, 6) is 0.693. The number of likely N-dealkylation sites (tertiary alicyclic amines) is 2. The van der Waals surface area contributed by atoms with Gasteiger partial charge in [-0.3, -0.25) is 9.59 Å². The second kappa shape index (κ2) is 7.04. The summed E-state index contributed by atoms with van der Waals surface area (Å²) < 4.78 is 19.0. The molecule has 2 aromatic rings. The van der Waals surface area contributed by atoms with Crippen molar-refractivity contribution in [2.45, 2.75) is 33.2 Å². The van der Waals surface area contributed by atoms with Crippen LogP contribution in [0.15, 0.2) is 28.8 Å². The Balaban J connectivity index is 1.54. The van der Waals surface area contributed by atoms with Gasteiger partial charge in [-0.2, -0.15) is 0 Å². The third kappa shape index (κ3) is 3.19. The number of aromatic nitrogens is 1. The molecule has 4 rings (SSSR count). The van der Waals surface area contributed by atoms with E-state index in [-0.39, 0.29) is 41.9 Å². The van der Waals surface area contributed by atoms with Crippen molar-refractivity contribution in [1.29, 1.82) is 0 Å². The molecule has 2 saturated heterocycles. The first-order valence-electron chi connectivity index (χ1n) is 9.57. The van der Waals surface area contributed by atoms with Crippen LogP contribution in [0.1, 0.15) is 35.5 Å². The average molecular weight is 385 g/mol. The second-order valence-electron chi connectivity index (χ2n) is 7.87. The normalized spacial score (nSPS) is 23.9. The molecule has 1 aromatic heterocycles. The molecule has 3 atom stereocenters. The molecule has 0 spiro atoms. The molecule has 0 bridgehead atoms. The average Bonchev–Trinajstić information content (AvgIpc) is 3.29.